The summed E-state index contributed by atoms with van der Waals surface area (Å²) in [7, 11) is 0. The third kappa shape index (κ3) is 5.00. The Bertz CT molecular complexity index is 981. The number of likely N-dealkylation sites (tertiary alicyclic amines) is 1. The van der Waals surface area contributed by atoms with Crippen LogP contribution >= 0.6 is 11.6 Å². The average molecular weight is 441 g/mol. The Labute approximate surface area is 188 Å². The topological polar surface area (TPSA) is 60.9 Å². The van der Waals surface area contributed by atoms with Gasteiger partial charge in [0, 0.05) is 17.1 Å². The zero-order valence-corrected chi connectivity index (χ0v) is 19.0. The van der Waals surface area contributed by atoms with E-state index >= 15 is 0 Å². The highest BCUT2D eigenvalue weighted by Crippen LogP contribution is 2.40. The molecule has 0 aliphatic carbocycles. The van der Waals surface area contributed by atoms with Crippen molar-refractivity contribution in [2.24, 2.45) is 0 Å². The van der Waals surface area contributed by atoms with E-state index in [0.29, 0.717) is 22.7 Å². The van der Waals surface area contributed by atoms with Crippen LogP contribution in [0.3, 0.4) is 0 Å². The van der Waals surface area contributed by atoms with Gasteiger partial charge in [0.2, 0.25) is 0 Å². The molecule has 0 radical (unpaired) electrons. The van der Waals surface area contributed by atoms with Gasteiger partial charge in [0.15, 0.2) is 0 Å². The van der Waals surface area contributed by atoms with Crippen molar-refractivity contribution in [3.05, 3.63) is 75.8 Å². The van der Waals surface area contributed by atoms with Gasteiger partial charge in [0.25, 0.3) is 11.7 Å². The van der Waals surface area contributed by atoms with Crippen LogP contribution in [0.1, 0.15) is 43.0 Å². The van der Waals surface area contributed by atoms with Crippen LogP contribution in [0.5, 0.6) is 0 Å². The van der Waals surface area contributed by atoms with Crippen molar-refractivity contribution in [2.75, 3.05) is 26.2 Å². The summed E-state index contributed by atoms with van der Waals surface area (Å²) in [6, 6.07) is 13.7. The van der Waals surface area contributed by atoms with E-state index in [4.69, 9.17) is 11.6 Å². The van der Waals surface area contributed by atoms with E-state index in [1.165, 1.54) is 0 Å². The minimum Gasteiger partial charge on any atom is -0.507 e. The van der Waals surface area contributed by atoms with E-state index in [2.05, 4.69) is 18.7 Å². The number of aryl methyl sites for hydroxylation is 1. The van der Waals surface area contributed by atoms with Gasteiger partial charge < -0.3 is 14.9 Å². The zero-order valence-electron chi connectivity index (χ0n) is 18.3. The zero-order chi connectivity index (χ0) is 22.5. The van der Waals surface area contributed by atoms with Gasteiger partial charge in [-0.05, 0) is 50.7 Å². The lowest BCUT2D eigenvalue weighted by molar-refractivity contribution is -0.140. The molecule has 31 heavy (non-hydrogen) atoms. The predicted molar refractivity (Wildman–Crippen MR) is 124 cm³/mol. The maximum absolute atomic E-state index is 13.0. The molecular formula is C25H29ClN2O3. The van der Waals surface area contributed by atoms with Crippen molar-refractivity contribution in [3.63, 3.8) is 0 Å². The molecule has 1 N–H and O–H groups in total. The largest absolute Gasteiger partial charge is 0.507 e. The van der Waals surface area contributed by atoms with Crippen LogP contribution in [-0.4, -0.2) is 52.8 Å². The molecule has 2 aromatic rings. The number of rotatable bonds is 8. The summed E-state index contributed by atoms with van der Waals surface area (Å²) in [5.41, 5.74) is 2.38. The number of halogens is 1. The number of carbonyl (C=O) groups excluding carboxylic acids is 2. The maximum atomic E-state index is 13.0. The second-order valence-electron chi connectivity index (χ2n) is 7.79. The van der Waals surface area contributed by atoms with Gasteiger partial charge >= 0.3 is 0 Å². The summed E-state index contributed by atoms with van der Waals surface area (Å²) < 4.78 is 0. The summed E-state index contributed by atoms with van der Waals surface area (Å²) >= 11 is 6.22. The minimum atomic E-state index is -0.670. The van der Waals surface area contributed by atoms with Crippen LogP contribution in [0.4, 0.5) is 0 Å². The molecule has 3 rings (SSSR count). The Kier molecular flexibility index (Phi) is 7.52. The second-order valence-corrected chi connectivity index (χ2v) is 8.23. The van der Waals surface area contributed by atoms with Crippen LogP contribution in [0.2, 0.25) is 5.02 Å². The van der Waals surface area contributed by atoms with Gasteiger partial charge in [-0.15, -0.1) is 0 Å². The van der Waals surface area contributed by atoms with Crippen LogP contribution in [0.25, 0.3) is 5.76 Å². The van der Waals surface area contributed by atoms with Crippen molar-refractivity contribution in [1.29, 1.82) is 0 Å². The van der Waals surface area contributed by atoms with E-state index in [1.807, 2.05) is 25.1 Å². The first kappa shape index (κ1) is 23.0. The highest BCUT2D eigenvalue weighted by Gasteiger charge is 2.45. The molecule has 0 spiro atoms. The Morgan fingerprint density at radius 3 is 2.39 bits per heavy atom. The monoisotopic (exact) mass is 440 g/mol. The summed E-state index contributed by atoms with van der Waals surface area (Å²) in [4.78, 5) is 29.8. The fourth-order valence-electron chi connectivity index (χ4n) is 4.01. The Morgan fingerprint density at radius 1 is 1.10 bits per heavy atom. The number of ketones is 1. The van der Waals surface area contributed by atoms with Crippen LogP contribution in [0, 0.1) is 6.92 Å². The van der Waals surface area contributed by atoms with Crippen molar-refractivity contribution < 1.29 is 14.7 Å². The van der Waals surface area contributed by atoms with Crippen molar-refractivity contribution in [3.8, 4) is 0 Å². The van der Waals surface area contributed by atoms with E-state index in [-0.39, 0.29) is 11.3 Å². The molecule has 6 heteroatoms. The first-order chi connectivity index (χ1) is 14.9. The number of hydrogen-bond donors (Lipinski definition) is 1. The third-order valence-corrected chi connectivity index (χ3v) is 6.03. The molecule has 1 unspecified atom stereocenters. The van der Waals surface area contributed by atoms with Gasteiger partial charge in [-0.3, -0.25) is 9.59 Å². The first-order valence-electron chi connectivity index (χ1n) is 10.7. The molecular weight excluding hydrogens is 412 g/mol. The van der Waals surface area contributed by atoms with E-state index < -0.39 is 17.7 Å². The standard InChI is InChI=1S/C25H29ClN2O3/c1-4-27(5-2)14-7-15-28-22(19-8-6-9-20(26)16-19)21(24(30)25(28)31)23(29)18-12-10-17(3)11-13-18/h6,8-13,16,22,29H,4-5,7,14-15H2,1-3H3. The predicted octanol–water partition coefficient (Wildman–Crippen LogP) is 4.80. The van der Waals surface area contributed by atoms with Gasteiger partial charge in [-0.2, -0.15) is 0 Å². The Hall–Kier alpha value is -2.63. The first-order valence-corrected chi connectivity index (χ1v) is 11.1. The fraction of sp³-hybridized carbons (Fsp3) is 0.360. The number of aliphatic hydroxyl groups excluding tert-OH is 1. The number of Topliss-reactive ketones (excluding diaryl/α,β-unsaturated/α-hetero) is 1. The average Bonchev–Trinajstić information content (AvgIpc) is 3.01. The highest BCUT2D eigenvalue weighted by molar-refractivity contribution is 6.46. The molecule has 164 valence electrons. The quantitative estimate of drug-likeness (QED) is 0.364. The van der Waals surface area contributed by atoms with E-state index in [0.717, 1.165) is 31.6 Å². The summed E-state index contributed by atoms with van der Waals surface area (Å²) in [5.74, 6) is -1.40. The lowest BCUT2D eigenvalue weighted by Gasteiger charge is -2.27. The second kappa shape index (κ2) is 10.1. The lowest BCUT2D eigenvalue weighted by Crippen LogP contribution is -2.33. The smallest absolute Gasteiger partial charge is 0.295 e. The SMILES string of the molecule is CCN(CC)CCCN1C(=O)C(=O)C(=C(O)c2ccc(C)cc2)C1c1cccc(Cl)c1. The molecule has 5 nitrogen and oxygen atoms in total. The molecule has 2 aromatic carbocycles. The van der Waals surface area contributed by atoms with Crippen LogP contribution in [-0.2, 0) is 9.59 Å². The molecule has 1 saturated heterocycles. The highest BCUT2D eigenvalue weighted by atomic mass is 35.5. The van der Waals surface area contributed by atoms with Crippen molar-refractivity contribution in [1.82, 2.24) is 9.80 Å². The van der Waals surface area contributed by atoms with Gasteiger partial charge in [-0.25, -0.2) is 0 Å². The van der Waals surface area contributed by atoms with Crippen molar-refractivity contribution in [2.45, 2.75) is 33.2 Å². The molecule has 0 aromatic heterocycles. The molecule has 1 aliphatic heterocycles. The minimum absolute atomic E-state index is 0.110. The molecule has 1 amide bonds. The normalized spacial score (nSPS) is 18.2. The summed E-state index contributed by atoms with van der Waals surface area (Å²) in [6.45, 7) is 9.26. The molecule has 1 aliphatic rings. The van der Waals surface area contributed by atoms with Gasteiger partial charge in [-0.1, -0.05) is 67.4 Å². The van der Waals surface area contributed by atoms with Gasteiger partial charge in [0.1, 0.15) is 5.76 Å². The molecule has 1 heterocycles. The number of aliphatic hydroxyl groups is 1. The lowest BCUT2D eigenvalue weighted by atomic mass is 9.95. The Morgan fingerprint density at radius 2 is 1.77 bits per heavy atom. The number of carbonyl (C=O) groups is 2. The number of amides is 1. The molecule has 0 saturated carbocycles. The summed E-state index contributed by atoms with van der Waals surface area (Å²) in [6.07, 6.45) is 0.732. The van der Waals surface area contributed by atoms with E-state index in [1.54, 1.807) is 35.2 Å². The fourth-order valence-corrected chi connectivity index (χ4v) is 4.20. The van der Waals surface area contributed by atoms with Crippen molar-refractivity contribution >= 4 is 29.1 Å². The molecule has 1 fully saturated rings. The molecule has 1 atom stereocenters. The molecule has 0 bridgehead atoms. The van der Waals surface area contributed by atoms with Gasteiger partial charge in [0.05, 0.1) is 11.6 Å². The number of benzene rings is 2. The van der Waals surface area contributed by atoms with Crippen LogP contribution in [0.15, 0.2) is 54.1 Å². The number of nitrogens with zero attached hydrogens (tertiary/aromatic N) is 2. The maximum Gasteiger partial charge on any atom is 0.295 e. The third-order valence-electron chi connectivity index (χ3n) is 5.80. The number of hydrogen-bond acceptors (Lipinski definition) is 4. The van der Waals surface area contributed by atoms with E-state index in [9.17, 15) is 14.7 Å². The summed E-state index contributed by atoms with van der Waals surface area (Å²) in [5, 5.41) is 11.6. The van der Waals surface area contributed by atoms with Crippen LogP contribution < -0.4 is 0 Å². The Balaban J connectivity index is 2.02.